The van der Waals surface area contributed by atoms with Crippen molar-refractivity contribution in [1.29, 1.82) is 0 Å². The highest BCUT2D eigenvalue weighted by molar-refractivity contribution is 5.94. The van der Waals surface area contributed by atoms with E-state index >= 15 is 0 Å². The number of amides is 1. The van der Waals surface area contributed by atoms with Crippen LogP contribution in [0.15, 0.2) is 30.5 Å². The molecule has 0 bridgehead atoms. The number of nitrogens with two attached hydrogens (primary N) is 1. The van der Waals surface area contributed by atoms with Gasteiger partial charge >= 0.3 is 11.7 Å². The molecule has 0 unspecified atom stereocenters. The molecule has 0 spiro atoms. The van der Waals surface area contributed by atoms with Crippen LogP contribution in [0, 0.1) is 10.1 Å². The second kappa shape index (κ2) is 4.80. The second-order valence-electron chi connectivity index (χ2n) is 3.75. The van der Waals surface area contributed by atoms with E-state index in [9.17, 15) is 19.7 Å². The van der Waals surface area contributed by atoms with E-state index in [0.717, 1.165) is 10.7 Å². The molecule has 1 aromatic carbocycles. The first kappa shape index (κ1) is 13.2. The van der Waals surface area contributed by atoms with E-state index in [1.807, 2.05) is 0 Å². The van der Waals surface area contributed by atoms with Crippen LogP contribution in [0.2, 0.25) is 0 Å². The van der Waals surface area contributed by atoms with Gasteiger partial charge in [0.25, 0.3) is 5.91 Å². The summed E-state index contributed by atoms with van der Waals surface area (Å²) in [5, 5.41) is 23.8. The standard InChI is InChI=1S/C11H8N4O5/c12-10(16)7-4-5-14(13-7)8-3-1-2-6(11(17)18)9(8)15(19)20/h1-5H,(H2,12,16)(H,17,18). The molecule has 0 saturated carbocycles. The van der Waals surface area contributed by atoms with Gasteiger partial charge in [0.1, 0.15) is 16.9 Å². The zero-order valence-electron chi connectivity index (χ0n) is 9.89. The van der Waals surface area contributed by atoms with E-state index in [-0.39, 0.29) is 11.4 Å². The maximum atomic E-state index is 11.1. The fraction of sp³-hybridized carbons (Fsp3) is 0. The first-order chi connectivity index (χ1) is 9.41. The van der Waals surface area contributed by atoms with Crippen LogP contribution in [-0.2, 0) is 0 Å². The summed E-state index contributed by atoms with van der Waals surface area (Å²) in [6, 6.07) is 5.06. The van der Waals surface area contributed by atoms with E-state index in [0.29, 0.717) is 0 Å². The van der Waals surface area contributed by atoms with Gasteiger partial charge in [-0.1, -0.05) is 6.07 Å². The summed E-state index contributed by atoms with van der Waals surface area (Å²) in [5.74, 6) is -2.22. The summed E-state index contributed by atoms with van der Waals surface area (Å²) in [6.07, 6.45) is 1.29. The van der Waals surface area contributed by atoms with Crippen molar-refractivity contribution in [3.63, 3.8) is 0 Å². The Morgan fingerprint density at radius 1 is 1.35 bits per heavy atom. The van der Waals surface area contributed by atoms with Gasteiger partial charge in [-0.2, -0.15) is 5.10 Å². The molecule has 3 N–H and O–H groups in total. The maximum Gasteiger partial charge on any atom is 0.342 e. The Labute approximate surface area is 111 Å². The van der Waals surface area contributed by atoms with Crippen molar-refractivity contribution in [1.82, 2.24) is 9.78 Å². The topological polar surface area (TPSA) is 141 Å². The van der Waals surface area contributed by atoms with Crippen LogP contribution in [0.1, 0.15) is 20.8 Å². The lowest BCUT2D eigenvalue weighted by atomic mass is 10.1. The number of nitro groups is 1. The zero-order chi connectivity index (χ0) is 14.9. The van der Waals surface area contributed by atoms with Gasteiger partial charge in [0, 0.05) is 6.20 Å². The van der Waals surface area contributed by atoms with Crippen molar-refractivity contribution in [2.75, 3.05) is 0 Å². The highest BCUT2D eigenvalue weighted by Crippen LogP contribution is 2.27. The molecule has 0 aliphatic rings. The molecule has 0 fully saturated rings. The number of nitrogens with zero attached hydrogens (tertiary/aromatic N) is 3. The highest BCUT2D eigenvalue weighted by Gasteiger charge is 2.25. The van der Waals surface area contributed by atoms with Crippen LogP contribution in [0.4, 0.5) is 5.69 Å². The zero-order valence-corrected chi connectivity index (χ0v) is 9.89. The summed E-state index contributed by atoms with van der Waals surface area (Å²) in [4.78, 5) is 32.2. The van der Waals surface area contributed by atoms with Crippen molar-refractivity contribution in [2.24, 2.45) is 5.73 Å². The first-order valence-corrected chi connectivity index (χ1v) is 5.28. The molecule has 1 aromatic heterocycles. The van der Waals surface area contributed by atoms with Crippen molar-refractivity contribution in [3.8, 4) is 5.69 Å². The maximum absolute atomic E-state index is 11.1. The van der Waals surface area contributed by atoms with Crippen LogP contribution < -0.4 is 5.73 Å². The number of hydrogen-bond donors (Lipinski definition) is 2. The monoisotopic (exact) mass is 276 g/mol. The van der Waals surface area contributed by atoms with Crippen LogP contribution in [0.25, 0.3) is 5.69 Å². The van der Waals surface area contributed by atoms with Gasteiger partial charge < -0.3 is 10.8 Å². The number of carboxylic acid groups (broad SMARTS) is 1. The Morgan fingerprint density at radius 2 is 2.05 bits per heavy atom. The van der Waals surface area contributed by atoms with Gasteiger partial charge in [-0.3, -0.25) is 14.9 Å². The number of carbonyl (C=O) groups excluding carboxylic acids is 1. The summed E-state index contributed by atoms with van der Waals surface area (Å²) in [6.45, 7) is 0. The average Bonchev–Trinajstić information content (AvgIpc) is 2.87. The predicted octanol–water partition coefficient (Wildman–Crippen LogP) is 0.578. The van der Waals surface area contributed by atoms with Gasteiger partial charge in [0.05, 0.1) is 4.92 Å². The second-order valence-corrected chi connectivity index (χ2v) is 3.75. The number of aromatic carboxylic acids is 1. The van der Waals surface area contributed by atoms with Crippen LogP contribution in [0.5, 0.6) is 0 Å². The van der Waals surface area contributed by atoms with Gasteiger partial charge in [-0.25, -0.2) is 9.48 Å². The molecule has 0 atom stereocenters. The molecule has 9 heteroatoms. The molecule has 9 nitrogen and oxygen atoms in total. The molecule has 1 heterocycles. The SMILES string of the molecule is NC(=O)c1ccn(-c2cccc(C(=O)O)c2[N+](=O)[O-])n1. The molecule has 20 heavy (non-hydrogen) atoms. The number of rotatable bonds is 4. The summed E-state index contributed by atoms with van der Waals surface area (Å²) in [7, 11) is 0. The number of hydrogen-bond acceptors (Lipinski definition) is 5. The van der Waals surface area contributed by atoms with Gasteiger partial charge in [0.15, 0.2) is 0 Å². The van der Waals surface area contributed by atoms with E-state index in [1.54, 1.807) is 0 Å². The summed E-state index contributed by atoms with van der Waals surface area (Å²) >= 11 is 0. The minimum Gasteiger partial charge on any atom is -0.477 e. The Bertz CT molecular complexity index is 721. The first-order valence-electron chi connectivity index (χ1n) is 5.28. The van der Waals surface area contributed by atoms with E-state index in [4.69, 9.17) is 10.8 Å². The number of para-hydroxylation sites is 1. The molecule has 102 valence electrons. The largest absolute Gasteiger partial charge is 0.477 e. The Balaban J connectivity index is 2.66. The summed E-state index contributed by atoms with van der Waals surface area (Å²) in [5.41, 5.74) is 3.81. The molecule has 0 aliphatic carbocycles. The number of nitro benzene ring substituents is 1. The fourth-order valence-electron chi connectivity index (χ4n) is 1.67. The highest BCUT2D eigenvalue weighted by atomic mass is 16.6. The molecular formula is C11H8N4O5. The molecule has 1 amide bonds. The molecule has 0 saturated heterocycles. The number of carboxylic acids is 1. The molecular weight excluding hydrogens is 268 g/mol. The lowest BCUT2D eigenvalue weighted by molar-refractivity contribution is -0.385. The number of benzene rings is 1. The van der Waals surface area contributed by atoms with E-state index in [2.05, 4.69) is 5.10 Å². The van der Waals surface area contributed by atoms with Gasteiger partial charge in [-0.05, 0) is 18.2 Å². The van der Waals surface area contributed by atoms with Crippen molar-refractivity contribution >= 4 is 17.6 Å². The minimum atomic E-state index is -1.43. The lowest BCUT2D eigenvalue weighted by Crippen LogP contribution is -2.13. The van der Waals surface area contributed by atoms with Crippen molar-refractivity contribution in [3.05, 3.63) is 51.8 Å². The molecule has 0 radical (unpaired) electrons. The minimum absolute atomic E-state index is 0.0672. The third-order valence-corrected chi connectivity index (χ3v) is 2.52. The third kappa shape index (κ3) is 2.19. The van der Waals surface area contributed by atoms with Gasteiger partial charge in [-0.15, -0.1) is 0 Å². The van der Waals surface area contributed by atoms with Crippen LogP contribution >= 0.6 is 0 Å². The normalized spacial score (nSPS) is 10.2. The fourth-order valence-corrected chi connectivity index (χ4v) is 1.67. The van der Waals surface area contributed by atoms with E-state index < -0.39 is 28.1 Å². The van der Waals surface area contributed by atoms with E-state index in [1.165, 1.54) is 24.4 Å². The van der Waals surface area contributed by atoms with Crippen molar-refractivity contribution in [2.45, 2.75) is 0 Å². The van der Waals surface area contributed by atoms with Crippen molar-refractivity contribution < 1.29 is 19.6 Å². The molecule has 2 aromatic rings. The predicted molar refractivity (Wildman–Crippen MR) is 65.7 cm³/mol. The summed E-state index contributed by atoms with van der Waals surface area (Å²) < 4.78 is 1.03. The van der Waals surface area contributed by atoms with Crippen LogP contribution in [-0.4, -0.2) is 31.7 Å². The Morgan fingerprint density at radius 3 is 2.55 bits per heavy atom. The van der Waals surface area contributed by atoms with Crippen LogP contribution in [0.3, 0.4) is 0 Å². The average molecular weight is 276 g/mol. The Kier molecular flexibility index (Phi) is 3.17. The van der Waals surface area contributed by atoms with Gasteiger partial charge in [0.2, 0.25) is 0 Å². The number of carbonyl (C=O) groups is 2. The smallest absolute Gasteiger partial charge is 0.342 e. The third-order valence-electron chi connectivity index (χ3n) is 2.52. The quantitative estimate of drug-likeness (QED) is 0.617. The molecule has 0 aliphatic heterocycles. The lowest BCUT2D eigenvalue weighted by Gasteiger charge is -2.05. The number of primary amides is 1. The molecule has 2 rings (SSSR count). The number of aromatic nitrogens is 2. The Hall–Kier alpha value is -3.23.